The SMILES string of the molecule is CCO[C@H]1OC(=O)[C@@H](C(C)=O)[C@@H]1C. The molecule has 0 aromatic heterocycles. The lowest BCUT2D eigenvalue weighted by atomic mass is 9.93. The van der Waals surface area contributed by atoms with Gasteiger partial charge < -0.3 is 9.47 Å². The highest BCUT2D eigenvalue weighted by molar-refractivity contribution is 5.99. The van der Waals surface area contributed by atoms with E-state index < -0.39 is 18.2 Å². The van der Waals surface area contributed by atoms with Crippen LogP contribution in [0.2, 0.25) is 0 Å². The van der Waals surface area contributed by atoms with Crippen molar-refractivity contribution in [3.8, 4) is 0 Å². The van der Waals surface area contributed by atoms with Crippen LogP contribution in [-0.2, 0) is 19.1 Å². The van der Waals surface area contributed by atoms with Gasteiger partial charge >= 0.3 is 5.97 Å². The molecule has 0 aliphatic carbocycles. The molecule has 1 saturated heterocycles. The van der Waals surface area contributed by atoms with Crippen LogP contribution in [0.25, 0.3) is 0 Å². The Labute approximate surface area is 77.2 Å². The first kappa shape index (κ1) is 10.2. The average Bonchev–Trinajstić information content (AvgIpc) is 2.28. The zero-order valence-electron chi connectivity index (χ0n) is 8.07. The van der Waals surface area contributed by atoms with Crippen molar-refractivity contribution in [1.29, 1.82) is 0 Å². The Balaban J connectivity index is 2.69. The number of rotatable bonds is 3. The summed E-state index contributed by atoms with van der Waals surface area (Å²) in [6, 6.07) is 0. The predicted molar refractivity (Wildman–Crippen MR) is 44.8 cm³/mol. The molecule has 3 atom stereocenters. The molecule has 13 heavy (non-hydrogen) atoms. The first-order valence-electron chi connectivity index (χ1n) is 4.40. The summed E-state index contributed by atoms with van der Waals surface area (Å²) in [6.45, 7) is 5.49. The molecule has 0 aromatic carbocycles. The summed E-state index contributed by atoms with van der Waals surface area (Å²) in [5, 5.41) is 0. The number of ketones is 1. The van der Waals surface area contributed by atoms with E-state index in [9.17, 15) is 9.59 Å². The minimum absolute atomic E-state index is 0.153. The molecule has 4 heteroatoms. The fraction of sp³-hybridized carbons (Fsp3) is 0.778. The Morgan fingerprint density at radius 1 is 1.62 bits per heavy atom. The molecular formula is C9H14O4. The highest BCUT2D eigenvalue weighted by Crippen LogP contribution is 2.29. The first-order valence-corrected chi connectivity index (χ1v) is 4.40. The van der Waals surface area contributed by atoms with E-state index in [1.807, 2.05) is 6.92 Å². The molecule has 1 heterocycles. The quantitative estimate of drug-likeness (QED) is 0.482. The van der Waals surface area contributed by atoms with E-state index >= 15 is 0 Å². The standard InChI is InChI=1S/C9H14O4/c1-4-12-9-5(2)7(6(3)10)8(11)13-9/h5,7,9H,4H2,1-3H3/t5-,7+,9-/m0/s1. The second-order valence-electron chi connectivity index (χ2n) is 3.21. The van der Waals surface area contributed by atoms with Gasteiger partial charge in [-0.05, 0) is 13.8 Å². The molecule has 0 amide bonds. The second kappa shape index (κ2) is 3.87. The van der Waals surface area contributed by atoms with E-state index in [0.717, 1.165) is 0 Å². The molecule has 0 bridgehead atoms. The third kappa shape index (κ3) is 1.88. The molecule has 0 aromatic rings. The van der Waals surface area contributed by atoms with E-state index in [4.69, 9.17) is 9.47 Å². The Morgan fingerprint density at radius 2 is 2.23 bits per heavy atom. The van der Waals surface area contributed by atoms with E-state index in [2.05, 4.69) is 0 Å². The summed E-state index contributed by atoms with van der Waals surface area (Å²) in [4.78, 5) is 22.2. The predicted octanol–water partition coefficient (Wildman–Crippen LogP) is 0.747. The minimum Gasteiger partial charge on any atom is -0.435 e. The number of hydrogen-bond donors (Lipinski definition) is 0. The highest BCUT2D eigenvalue weighted by atomic mass is 16.7. The number of Topliss-reactive ketones (excluding diaryl/α,β-unsaturated/α-hetero) is 1. The molecule has 1 aliphatic heterocycles. The molecule has 0 saturated carbocycles. The van der Waals surface area contributed by atoms with Gasteiger partial charge in [-0.15, -0.1) is 0 Å². The molecule has 4 nitrogen and oxygen atoms in total. The van der Waals surface area contributed by atoms with Crippen molar-refractivity contribution in [2.45, 2.75) is 27.1 Å². The van der Waals surface area contributed by atoms with E-state index in [1.165, 1.54) is 6.92 Å². The van der Waals surface area contributed by atoms with Crippen LogP contribution in [0.4, 0.5) is 0 Å². The van der Waals surface area contributed by atoms with Gasteiger partial charge in [0, 0.05) is 12.5 Å². The Hall–Kier alpha value is -0.900. The van der Waals surface area contributed by atoms with Gasteiger partial charge in [-0.3, -0.25) is 9.59 Å². The topological polar surface area (TPSA) is 52.6 Å². The maximum absolute atomic E-state index is 11.2. The fourth-order valence-electron chi connectivity index (χ4n) is 1.55. The van der Waals surface area contributed by atoms with Crippen LogP contribution >= 0.6 is 0 Å². The molecule has 1 aliphatic rings. The van der Waals surface area contributed by atoms with E-state index in [-0.39, 0.29) is 11.7 Å². The molecule has 0 N–H and O–H groups in total. The van der Waals surface area contributed by atoms with Gasteiger partial charge in [0.1, 0.15) is 11.7 Å². The third-order valence-corrected chi connectivity index (χ3v) is 2.21. The molecule has 0 spiro atoms. The Kier molecular flexibility index (Phi) is 3.03. The van der Waals surface area contributed by atoms with Gasteiger partial charge in [0.15, 0.2) is 0 Å². The van der Waals surface area contributed by atoms with Crippen molar-refractivity contribution in [2.75, 3.05) is 6.61 Å². The summed E-state index contributed by atoms with van der Waals surface area (Å²) in [7, 11) is 0. The Bertz CT molecular complexity index is 224. The molecule has 0 radical (unpaired) electrons. The molecule has 0 unspecified atom stereocenters. The lowest BCUT2D eigenvalue weighted by Gasteiger charge is -2.14. The first-order chi connectivity index (χ1) is 6.07. The van der Waals surface area contributed by atoms with Crippen LogP contribution in [-0.4, -0.2) is 24.6 Å². The number of carbonyl (C=O) groups is 2. The summed E-state index contributed by atoms with van der Waals surface area (Å²) in [5.74, 6) is -1.43. The van der Waals surface area contributed by atoms with Crippen molar-refractivity contribution in [3.63, 3.8) is 0 Å². The van der Waals surface area contributed by atoms with Crippen LogP contribution in [0.1, 0.15) is 20.8 Å². The summed E-state index contributed by atoms with van der Waals surface area (Å²) >= 11 is 0. The number of ether oxygens (including phenoxy) is 2. The highest BCUT2D eigenvalue weighted by Gasteiger charge is 2.44. The zero-order chi connectivity index (χ0) is 10.0. The summed E-state index contributed by atoms with van der Waals surface area (Å²) in [5.41, 5.74) is 0. The summed E-state index contributed by atoms with van der Waals surface area (Å²) in [6.07, 6.45) is -0.550. The molecular weight excluding hydrogens is 172 g/mol. The van der Waals surface area contributed by atoms with Crippen molar-refractivity contribution in [3.05, 3.63) is 0 Å². The minimum atomic E-state index is -0.642. The fourth-order valence-corrected chi connectivity index (χ4v) is 1.55. The van der Waals surface area contributed by atoms with Crippen molar-refractivity contribution < 1.29 is 19.1 Å². The number of carbonyl (C=O) groups excluding carboxylic acids is 2. The van der Waals surface area contributed by atoms with E-state index in [1.54, 1.807) is 6.92 Å². The van der Waals surface area contributed by atoms with Crippen LogP contribution < -0.4 is 0 Å². The van der Waals surface area contributed by atoms with Crippen molar-refractivity contribution >= 4 is 11.8 Å². The average molecular weight is 186 g/mol. The maximum atomic E-state index is 11.2. The van der Waals surface area contributed by atoms with Crippen LogP contribution in [0.3, 0.4) is 0 Å². The van der Waals surface area contributed by atoms with Gasteiger partial charge in [-0.1, -0.05) is 6.92 Å². The normalized spacial score (nSPS) is 33.2. The smallest absolute Gasteiger partial charge is 0.319 e. The Morgan fingerprint density at radius 3 is 2.62 bits per heavy atom. The third-order valence-electron chi connectivity index (χ3n) is 2.21. The van der Waals surface area contributed by atoms with Crippen molar-refractivity contribution in [1.82, 2.24) is 0 Å². The van der Waals surface area contributed by atoms with Gasteiger partial charge in [0.25, 0.3) is 0 Å². The lowest BCUT2D eigenvalue weighted by Crippen LogP contribution is -2.25. The monoisotopic (exact) mass is 186 g/mol. The van der Waals surface area contributed by atoms with Gasteiger partial charge in [-0.2, -0.15) is 0 Å². The largest absolute Gasteiger partial charge is 0.435 e. The van der Waals surface area contributed by atoms with Crippen LogP contribution in [0.5, 0.6) is 0 Å². The van der Waals surface area contributed by atoms with Crippen LogP contribution in [0, 0.1) is 11.8 Å². The maximum Gasteiger partial charge on any atom is 0.319 e. The van der Waals surface area contributed by atoms with Gasteiger partial charge in [0.2, 0.25) is 6.29 Å². The summed E-state index contributed by atoms with van der Waals surface area (Å²) < 4.78 is 10.1. The molecule has 74 valence electrons. The molecule has 1 fully saturated rings. The van der Waals surface area contributed by atoms with E-state index in [0.29, 0.717) is 6.61 Å². The lowest BCUT2D eigenvalue weighted by molar-refractivity contribution is -0.165. The number of cyclic esters (lactones) is 1. The zero-order valence-corrected chi connectivity index (χ0v) is 8.07. The van der Waals surface area contributed by atoms with Gasteiger partial charge in [0.05, 0.1) is 0 Å². The number of esters is 1. The second-order valence-corrected chi connectivity index (χ2v) is 3.21. The molecule has 1 rings (SSSR count). The van der Waals surface area contributed by atoms with Crippen LogP contribution in [0.15, 0.2) is 0 Å². The number of hydrogen-bond acceptors (Lipinski definition) is 4. The van der Waals surface area contributed by atoms with Gasteiger partial charge in [-0.25, -0.2) is 0 Å². The van der Waals surface area contributed by atoms with Crippen molar-refractivity contribution in [2.24, 2.45) is 11.8 Å².